The van der Waals surface area contributed by atoms with Crippen LogP contribution in [0.1, 0.15) is 60.1 Å². The van der Waals surface area contributed by atoms with Crippen LogP contribution in [0.4, 0.5) is 0 Å². The van der Waals surface area contributed by atoms with Crippen molar-refractivity contribution >= 4 is 43.4 Å². The molecule has 5 aromatic carbocycles. The van der Waals surface area contributed by atoms with E-state index in [1.54, 1.807) is 0 Å². The number of aliphatic hydroxyl groups is 2. The van der Waals surface area contributed by atoms with Gasteiger partial charge in [-0.15, -0.1) is 13.2 Å². The summed E-state index contributed by atoms with van der Waals surface area (Å²) in [6, 6.07) is 39.0. The van der Waals surface area contributed by atoms with Crippen molar-refractivity contribution in [2.24, 2.45) is 23.7 Å². The van der Waals surface area contributed by atoms with Crippen LogP contribution < -0.4 is 0 Å². The second-order valence-corrected chi connectivity index (χ2v) is 18.8. The van der Waals surface area contributed by atoms with Gasteiger partial charge >= 0.3 is 0 Å². The molecule has 60 heavy (non-hydrogen) atoms. The smallest absolute Gasteiger partial charge is 0.131 e. The molecule has 6 aliphatic rings. The maximum atomic E-state index is 12.6. The van der Waals surface area contributed by atoms with E-state index in [2.05, 4.69) is 120 Å². The first-order valence-corrected chi connectivity index (χ1v) is 22.3. The van der Waals surface area contributed by atoms with E-state index in [-0.39, 0.29) is 12.1 Å². The molecule has 0 amide bonds. The Hall–Kier alpha value is -5.24. The molecule has 13 rings (SSSR count). The van der Waals surface area contributed by atoms with E-state index >= 15 is 0 Å². The Labute approximate surface area is 353 Å². The minimum atomic E-state index is -0.611. The van der Waals surface area contributed by atoms with Crippen LogP contribution in [0.3, 0.4) is 0 Å². The largest absolute Gasteiger partial charge is 0.382 e. The quantitative estimate of drug-likeness (QED) is 0.0823. The van der Waals surface area contributed by atoms with Crippen molar-refractivity contribution in [2.75, 3.05) is 26.2 Å². The van der Waals surface area contributed by atoms with Crippen molar-refractivity contribution in [3.05, 3.63) is 169 Å². The SMILES string of the molecule is C=CC1C[N+]2(Cc3c4ccccc4c(C[N+]45CCC(C[C@H]4C(O)c4ccnc6ccccc46)C(C=C)C5)c4ccccc34)CCC1C[C@H]2C(O)c1ccnc2ccccc12. The van der Waals surface area contributed by atoms with Gasteiger partial charge in [0.05, 0.1) is 37.2 Å². The Kier molecular flexibility index (Phi) is 9.27. The number of nitrogens with zero attached hydrogens (tertiary/aromatic N) is 4. The van der Waals surface area contributed by atoms with E-state index < -0.39 is 12.2 Å². The van der Waals surface area contributed by atoms with Gasteiger partial charge in [-0.3, -0.25) is 9.97 Å². The maximum absolute atomic E-state index is 12.6. The molecule has 4 bridgehead atoms. The highest BCUT2D eigenvalue weighted by atomic mass is 16.3. The summed E-state index contributed by atoms with van der Waals surface area (Å²) in [6.45, 7) is 14.4. The van der Waals surface area contributed by atoms with Gasteiger partial charge in [0.25, 0.3) is 0 Å². The standard InChI is InChI=1S/C54H56N4O2/c1-3-35-31-57(27-23-37(35)29-51(57)53(59)45-21-25-55-49-19-11-9-17-43(45)49)33-47-39-13-5-7-15-41(39)48(42-16-8-6-14-40(42)47)34-58-28-24-38(36(4-2)32-58)30-52(58)54(60)46-22-26-56-50-20-12-10-18-44(46)50/h3-22,25-26,35-38,51-54,59-60H,1-2,23-24,27-34H2/q+2/t35?,36?,37?,38?,51-,52-,53?,54?,57?,58?/m0/s1. The second kappa shape index (κ2) is 14.7. The molecule has 2 N–H and O–H groups in total. The fraction of sp³-hybridized carbons (Fsp3) is 0.333. The first kappa shape index (κ1) is 37.7. The topological polar surface area (TPSA) is 66.2 Å². The first-order valence-electron chi connectivity index (χ1n) is 22.3. The minimum absolute atomic E-state index is 0.0540. The number of hydrogen-bond donors (Lipinski definition) is 2. The highest BCUT2D eigenvalue weighted by Crippen LogP contribution is 2.52. The third kappa shape index (κ3) is 5.90. The van der Waals surface area contributed by atoms with Crippen LogP contribution in [0.5, 0.6) is 0 Å². The number of quaternary nitrogens is 2. The Morgan fingerprint density at radius 2 is 0.900 bits per heavy atom. The number of pyridine rings is 2. The number of para-hydroxylation sites is 2. The molecule has 302 valence electrons. The molecule has 8 unspecified atom stereocenters. The predicted molar refractivity (Wildman–Crippen MR) is 243 cm³/mol. The normalized spacial score (nSPS) is 29.6. The lowest BCUT2D eigenvalue weighted by Gasteiger charge is -2.58. The summed E-state index contributed by atoms with van der Waals surface area (Å²) in [5, 5.41) is 32.6. The van der Waals surface area contributed by atoms with Crippen molar-refractivity contribution < 1.29 is 19.2 Å². The van der Waals surface area contributed by atoms with Crippen molar-refractivity contribution in [3.8, 4) is 0 Å². The van der Waals surface area contributed by atoms with Crippen LogP contribution in [-0.2, 0) is 13.1 Å². The lowest BCUT2D eigenvalue weighted by atomic mass is 9.70. The van der Waals surface area contributed by atoms with Gasteiger partial charge in [-0.2, -0.15) is 0 Å². The van der Waals surface area contributed by atoms with Crippen molar-refractivity contribution in [1.82, 2.24) is 9.97 Å². The lowest BCUT2D eigenvalue weighted by Crippen LogP contribution is -2.67. The number of hydrogen-bond acceptors (Lipinski definition) is 4. The van der Waals surface area contributed by atoms with Gasteiger partial charge < -0.3 is 19.2 Å². The van der Waals surface area contributed by atoms with Gasteiger partial charge in [0.2, 0.25) is 0 Å². The number of fused-ring (bicyclic) bond motifs is 10. The van der Waals surface area contributed by atoms with Gasteiger partial charge in [0.15, 0.2) is 0 Å². The molecule has 6 saturated heterocycles. The van der Waals surface area contributed by atoms with Crippen LogP contribution in [0.2, 0.25) is 0 Å². The van der Waals surface area contributed by atoms with Gasteiger partial charge in [0, 0.05) is 71.8 Å². The highest BCUT2D eigenvalue weighted by molar-refractivity contribution is 6.05. The lowest BCUT2D eigenvalue weighted by molar-refractivity contribution is -0.984. The summed E-state index contributed by atoms with van der Waals surface area (Å²) in [5.41, 5.74) is 6.60. The van der Waals surface area contributed by atoms with Gasteiger partial charge in [-0.25, -0.2) is 0 Å². The van der Waals surface area contributed by atoms with E-state index in [0.29, 0.717) is 23.7 Å². The van der Waals surface area contributed by atoms with Crippen molar-refractivity contribution in [3.63, 3.8) is 0 Å². The monoisotopic (exact) mass is 792 g/mol. The first-order chi connectivity index (χ1) is 29.4. The van der Waals surface area contributed by atoms with Gasteiger partial charge in [-0.05, 0) is 68.8 Å². The van der Waals surface area contributed by atoms with Crippen LogP contribution in [0.15, 0.2) is 147 Å². The fourth-order valence-corrected chi connectivity index (χ4v) is 13.2. The number of aliphatic hydroxyl groups excluding tert-OH is 2. The molecule has 8 heterocycles. The number of benzene rings is 5. The fourth-order valence-electron chi connectivity index (χ4n) is 13.2. The molecule has 0 spiro atoms. The molecule has 10 atom stereocenters. The van der Waals surface area contributed by atoms with Crippen LogP contribution in [-0.4, -0.2) is 67.4 Å². The number of rotatable bonds is 10. The molecule has 6 heteroatoms. The summed E-state index contributed by atoms with van der Waals surface area (Å²) in [4.78, 5) is 9.32. The average molecular weight is 793 g/mol. The zero-order chi connectivity index (χ0) is 40.6. The Morgan fingerprint density at radius 1 is 0.533 bits per heavy atom. The summed E-state index contributed by atoms with van der Waals surface area (Å²) in [7, 11) is 0. The Balaban J connectivity index is 1.04. The minimum Gasteiger partial charge on any atom is -0.382 e. The zero-order valence-electron chi connectivity index (χ0n) is 34.5. The predicted octanol–water partition coefficient (Wildman–Crippen LogP) is 10.4. The van der Waals surface area contributed by atoms with E-state index in [9.17, 15) is 10.2 Å². The second-order valence-electron chi connectivity index (χ2n) is 18.8. The third-order valence-corrected chi connectivity index (χ3v) is 16.2. The van der Waals surface area contributed by atoms with E-state index in [1.807, 2.05) is 36.7 Å². The summed E-state index contributed by atoms with van der Waals surface area (Å²) in [5.74, 6) is 1.90. The molecule has 0 saturated carbocycles. The van der Waals surface area contributed by atoms with E-state index in [0.717, 1.165) is 107 Å². The summed E-state index contributed by atoms with van der Waals surface area (Å²) >= 11 is 0. The van der Waals surface area contributed by atoms with Gasteiger partial charge in [0.1, 0.15) is 37.4 Å². The molecule has 7 aromatic rings. The zero-order valence-corrected chi connectivity index (χ0v) is 34.5. The molecule has 0 radical (unpaired) electrons. The Morgan fingerprint density at radius 3 is 1.28 bits per heavy atom. The van der Waals surface area contributed by atoms with E-state index in [1.165, 1.54) is 32.7 Å². The van der Waals surface area contributed by atoms with Crippen LogP contribution in [0, 0.1) is 23.7 Å². The average Bonchev–Trinajstić information content (AvgIpc) is 3.31. The van der Waals surface area contributed by atoms with E-state index in [4.69, 9.17) is 0 Å². The van der Waals surface area contributed by atoms with Gasteiger partial charge in [-0.1, -0.05) is 97.1 Å². The molecule has 6 fully saturated rings. The third-order valence-electron chi connectivity index (χ3n) is 16.2. The highest BCUT2D eigenvalue weighted by Gasteiger charge is 2.56. The number of aromatic nitrogens is 2. The summed E-state index contributed by atoms with van der Waals surface area (Å²) < 4.78 is 1.68. The summed E-state index contributed by atoms with van der Waals surface area (Å²) in [6.07, 6.45) is 11.2. The molecule has 6 aliphatic heterocycles. The molecule has 2 aromatic heterocycles. The molecular formula is C54H56N4O2+2. The molecular weight excluding hydrogens is 737 g/mol. The maximum Gasteiger partial charge on any atom is 0.131 e. The molecule has 0 aliphatic carbocycles. The van der Waals surface area contributed by atoms with Crippen molar-refractivity contribution in [2.45, 2.75) is 63.1 Å². The molecule has 6 nitrogen and oxygen atoms in total. The van der Waals surface area contributed by atoms with Crippen LogP contribution in [0.25, 0.3) is 43.4 Å². The Bertz CT molecular complexity index is 2540. The van der Waals surface area contributed by atoms with Crippen LogP contribution >= 0.6 is 0 Å². The number of piperidine rings is 6. The van der Waals surface area contributed by atoms with Crippen molar-refractivity contribution in [1.29, 1.82) is 0 Å².